The molecule has 1 amide bonds. The first-order chi connectivity index (χ1) is 11.6. The Hall–Kier alpha value is -1.55. The molecule has 24 heavy (non-hydrogen) atoms. The molecule has 0 spiro atoms. The molecule has 0 aliphatic heterocycles. The maximum atomic E-state index is 11.9. The van der Waals surface area contributed by atoms with Crippen molar-refractivity contribution in [3.8, 4) is 0 Å². The molecule has 1 N–H and O–H groups in total. The van der Waals surface area contributed by atoms with Gasteiger partial charge in [-0.2, -0.15) is 0 Å². The topological polar surface area (TPSA) is 55.4 Å². The van der Waals surface area contributed by atoms with Crippen molar-refractivity contribution in [2.45, 2.75) is 58.3 Å². The Labute approximate surface area is 149 Å². The lowest BCUT2D eigenvalue weighted by molar-refractivity contribution is -0.143. The quantitative estimate of drug-likeness (QED) is 0.435. The summed E-state index contributed by atoms with van der Waals surface area (Å²) in [5.74, 6) is -0.555. The first kappa shape index (κ1) is 20.5. The van der Waals surface area contributed by atoms with Crippen LogP contribution in [-0.2, 0) is 9.53 Å². The lowest BCUT2D eigenvalue weighted by atomic mass is 10.1. The van der Waals surface area contributed by atoms with Crippen LogP contribution in [0.3, 0.4) is 0 Å². The highest BCUT2D eigenvalue weighted by Crippen LogP contribution is 2.14. The molecule has 0 saturated heterocycles. The number of hydrogen-bond acceptors (Lipinski definition) is 3. The second-order valence-corrected chi connectivity index (χ2v) is 6.23. The highest BCUT2D eigenvalue weighted by atomic mass is 35.5. The molecule has 1 aromatic rings. The molecule has 1 rings (SSSR count). The summed E-state index contributed by atoms with van der Waals surface area (Å²) < 4.78 is 5.16. The van der Waals surface area contributed by atoms with Gasteiger partial charge in [0.05, 0.1) is 23.6 Å². The maximum Gasteiger partial charge on any atom is 0.307 e. The molecular weight excluding hydrogens is 326 g/mol. The van der Waals surface area contributed by atoms with Gasteiger partial charge in [0, 0.05) is 6.54 Å². The average Bonchev–Trinajstić information content (AvgIpc) is 2.57. The van der Waals surface area contributed by atoms with E-state index in [1.54, 1.807) is 24.3 Å². The molecule has 0 aliphatic carbocycles. The molecular formula is C19H28ClNO3. The van der Waals surface area contributed by atoms with E-state index in [4.69, 9.17) is 16.3 Å². The minimum absolute atomic E-state index is 0.173. The maximum absolute atomic E-state index is 11.9. The second kappa shape index (κ2) is 12.8. The fraction of sp³-hybridized carbons (Fsp3) is 0.579. The molecule has 5 heteroatoms. The monoisotopic (exact) mass is 353 g/mol. The third-order valence-corrected chi connectivity index (χ3v) is 4.07. The molecule has 0 unspecified atom stereocenters. The van der Waals surface area contributed by atoms with Gasteiger partial charge in [-0.25, -0.2) is 0 Å². The zero-order valence-corrected chi connectivity index (χ0v) is 15.2. The average molecular weight is 354 g/mol. The van der Waals surface area contributed by atoms with E-state index in [1.165, 1.54) is 32.1 Å². The number of ether oxygens (including phenoxy) is 1. The number of esters is 1. The summed E-state index contributed by atoms with van der Waals surface area (Å²) >= 11 is 5.95. The Morgan fingerprint density at radius 1 is 1.04 bits per heavy atom. The molecule has 0 fully saturated rings. The molecule has 0 aromatic heterocycles. The van der Waals surface area contributed by atoms with Crippen LogP contribution in [0.1, 0.15) is 68.6 Å². The van der Waals surface area contributed by atoms with Crippen LogP contribution in [0.2, 0.25) is 5.02 Å². The molecule has 0 saturated carbocycles. The van der Waals surface area contributed by atoms with Gasteiger partial charge in [0.15, 0.2) is 0 Å². The number of carbonyl (C=O) groups excluding carboxylic acids is 2. The van der Waals surface area contributed by atoms with Crippen LogP contribution >= 0.6 is 11.6 Å². The van der Waals surface area contributed by atoms with Crippen molar-refractivity contribution in [1.29, 1.82) is 0 Å². The van der Waals surface area contributed by atoms with Gasteiger partial charge < -0.3 is 10.1 Å². The third-order valence-electron chi connectivity index (χ3n) is 3.74. The van der Waals surface area contributed by atoms with Crippen LogP contribution in [0.5, 0.6) is 0 Å². The van der Waals surface area contributed by atoms with E-state index in [9.17, 15) is 9.59 Å². The van der Waals surface area contributed by atoms with E-state index in [1.807, 2.05) is 0 Å². The lowest BCUT2D eigenvalue weighted by Crippen LogP contribution is -2.26. The van der Waals surface area contributed by atoms with E-state index in [2.05, 4.69) is 12.2 Å². The van der Waals surface area contributed by atoms with E-state index in [0.29, 0.717) is 17.2 Å². The Morgan fingerprint density at radius 3 is 2.42 bits per heavy atom. The van der Waals surface area contributed by atoms with Crippen LogP contribution in [-0.4, -0.2) is 25.0 Å². The summed E-state index contributed by atoms with van der Waals surface area (Å²) in [5, 5.41) is 3.08. The third kappa shape index (κ3) is 8.92. The van der Waals surface area contributed by atoms with Crippen molar-refractivity contribution in [3.63, 3.8) is 0 Å². The van der Waals surface area contributed by atoms with E-state index in [0.717, 1.165) is 12.8 Å². The summed E-state index contributed by atoms with van der Waals surface area (Å²) in [7, 11) is 0. The SMILES string of the molecule is CCCCCCCCCOC(=O)CCNC(=O)c1ccccc1Cl. The minimum atomic E-state index is -0.277. The molecule has 4 nitrogen and oxygen atoms in total. The van der Waals surface area contributed by atoms with Crippen LogP contribution in [0, 0.1) is 0 Å². The number of carbonyl (C=O) groups is 2. The fourth-order valence-corrected chi connectivity index (χ4v) is 2.56. The number of halogens is 1. The lowest BCUT2D eigenvalue weighted by Gasteiger charge is -2.07. The number of hydrogen-bond donors (Lipinski definition) is 1. The van der Waals surface area contributed by atoms with Gasteiger partial charge in [-0.15, -0.1) is 0 Å². The van der Waals surface area contributed by atoms with Crippen molar-refractivity contribution in [3.05, 3.63) is 34.9 Å². The highest BCUT2D eigenvalue weighted by molar-refractivity contribution is 6.33. The van der Waals surface area contributed by atoms with Gasteiger partial charge in [-0.1, -0.05) is 69.2 Å². The molecule has 0 atom stereocenters. The van der Waals surface area contributed by atoms with Crippen molar-refractivity contribution in [2.24, 2.45) is 0 Å². The van der Waals surface area contributed by atoms with E-state index in [-0.39, 0.29) is 24.8 Å². The fourth-order valence-electron chi connectivity index (χ4n) is 2.34. The predicted octanol–water partition coefficient (Wildman–Crippen LogP) is 4.75. The zero-order chi connectivity index (χ0) is 17.6. The van der Waals surface area contributed by atoms with E-state index < -0.39 is 0 Å². The summed E-state index contributed by atoms with van der Waals surface area (Å²) in [5.41, 5.74) is 0.413. The van der Waals surface area contributed by atoms with Crippen LogP contribution in [0.4, 0.5) is 0 Å². The second-order valence-electron chi connectivity index (χ2n) is 5.83. The van der Waals surface area contributed by atoms with E-state index >= 15 is 0 Å². The van der Waals surface area contributed by atoms with Crippen LogP contribution in [0.25, 0.3) is 0 Å². The number of nitrogens with one attached hydrogen (secondary N) is 1. The Bertz CT molecular complexity index is 505. The summed E-state index contributed by atoms with van der Waals surface area (Å²) in [6.07, 6.45) is 8.49. The molecule has 134 valence electrons. The number of rotatable bonds is 12. The first-order valence-corrected chi connectivity index (χ1v) is 9.21. The van der Waals surface area contributed by atoms with Crippen LogP contribution < -0.4 is 5.32 Å². The summed E-state index contributed by atoms with van der Waals surface area (Å²) in [6.45, 7) is 2.92. The largest absolute Gasteiger partial charge is 0.466 e. The van der Waals surface area contributed by atoms with Crippen molar-refractivity contribution in [2.75, 3.05) is 13.2 Å². The number of unbranched alkanes of at least 4 members (excludes halogenated alkanes) is 6. The summed E-state index contributed by atoms with van der Waals surface area (Å²) in [4.78, 5) is 23.5. The Kier molecular flexibility index (Phi) is 10.9. The van der Waals surface area contributed by atoms with Crippen LogP contribution in [0.15, 0.2) is 24.3 Å². The van der Waals surface area contributed by atoms with Gasteiger partial charge in [0.25, 0.3) is 5.91 Å². The van der Waals surface area contributed by atoms with Gasteiger partial charge in [0.2, 0.25) is 0 Å². The molecule has 0 radical (unpaired) electrons. The predicted molar refractivity (Wildman–Crippen MR) is 97.4 cm³/mol. The van der Waals surface area contributed by atoms with Gasteiger partial charge in [-0.3, -0.25) is 9.59 Å². The van der Waals surface area contributed by atoms with Gasteiger partial charge in [-0.05, 0) is 18.6 Å². The smallest absolute Gasteiger partial charge is 0.307 e. The summed E-state index contributed by atoms with van der Waals surface area (Å²) in [6, 6.07) is 6.82. The normalized spacial score (nSPS) is 10.4. The molecule has 0 heterocycles. The van der Waals surface area contributed by atoms with Crippen molar-refractivity contribution in [1.82, 2.24) is 5.32 Å². The number of benzene rings is 1. The molecule has 1 aromatic carbocycles. The molecule has 0 aliphatic rings. The number of amides is 1. The minimum Gasteiger partial charge on any atom is -0.466 e. The zero-order valence-electron chi connectivity index (χ0n) is 14.5. The molecule has 0 bridgehead atoms. The highest BCUT2D eigenvalue weighted by Gasteiger charge is 2.10. The van der Waals surface area contributed by atoms with Gasteiger partial charge in [0.1, 0.15) is 0 Å². The van der Waals surface area contributed by atoms with Crippen molar-refractivity contribution >= 4 is 23.5 Å². The Balaban J connectivity index is 2.04. The first-order valence-electron chi connectivity index (χ1n) is 8.83. The van der Waals surface area contributed by atoms with Crippen molar-refractivity contribution < 1.29 is 14.3 Å². The Morgan fingerprint density at radius 2 is 1.71 bits per heavy atom. The van der Waals surface area contributed by atoms with Gasteiger partial charge >= 0.3 is 5.97 Å². The standard InChI is InChI=1S/C19H28ClNO3/c1-2-3-4-5-6-7-10-15-24-18(22)13-14-21-19(23)16-11-8-9-12-17(16)20/h8-9,11-12H,2-7,10,13-15H2,1H3,(H,21,23).